The van der Waals surface area contributed by atoms with Crippen molar-refractivity contribution in [1.82, 2.24) is 4.90 Å². The molecule has 0 heterocycles. The van der Waals surface area contributed by atoms with Crippen LogP contribution < -0.4 is 0 Å². The summed E-state index contributed by atoms with van der Waals surface area (Å²) in [4.78, 5) is 14.0. The largest absolute Gasteiger partial charge is 0.444 e. The minimum atomic E-state index is -0.583. The maximum absolute atomic E-state index is 12.5. The molecule has 1 amide bonds. The molecule has 2 aromatic carbocycles. The summed E-state index contributed by atoms with van der Waals surface area (Å²) in [5, 5.41) is 10.1. The zero-order valence-corrected chi connectivity index (χ0v) is 15.3. The third kappa shape index (κ3) is 5.07. The third-order valence-electron chi connectivity index (χ3n) is 4.07. The first kappa shape index (κ1) is 19.0. The Balaban J connectivity index is 2.39. The highest BCUT2D eigenvalue weighted by atomic mass is 16.6. The van der Waals surface area contributed by atoms with Crippen LogP contribution >= 0.6 is 0 Å². The SMILES string of the molecule is CN(C(=O)OC(C)(C)C)[C@@H](CO)C(c1ccccc1)c1ccccc1. The maximum Gasteiger partial charge on any atom is 0.410 e. The Bertz CT molecular complexity index is 625. The van der Waals surface area contributed by atoms with Crippen molar-refractivity contribution in [2.75, 3.05) is 13.7 Å². The molecule has 0 aliphatic carbocycles. The summed E-state index contributed by atoms with van der Waals surface area (Å²) in [5.41, 5.74) is 1.51. The Morgan fingerprint density at radius 3 is 1.80 bits per heavy atom. The number of amides is 1. The lowest BCUT2D eigenvalue weighted by atomic mass is 9.84. The van der Waals surface area contributed by atoms with E-state index in [9.17, 15) is 9.90 Å². The summed E-state index contributed by atoms with van der Waals surface area (Å²) >= 11 is 0. The molecule has 0 fully saturated rings. The fraction of sp³-hybridized carbons (Fsp3) is 0.381. The number of aliphatic hydroxyl groups is 1. The van der Waals surface area contributed by atoms with Crippen LogP contribution in [-0.2, 0) is 4.74 Å². The molecule has 0 saturated carbocycles. The number of ether oxygens (including phenoxy) is 1. The second-order valence-corrected chi connectivity index (χ2v) is 7.14. The van der Waals surface area contributed by atoms with Crippen molar-refractivity contribution in [3.8, 4) is 0 Å². The Labute approximate surface area is 150 Å². The van der Waals surface area contributed by atoms with E-state index >= 15 is 0 Å². The molecule has 0 bridgehead atoms. The Kier molecular flexibility index (Phi) is 6.21. The van der Waals surface area contributed by atoms with Gasteiger partial charge in [-0.05, 0) is 31.9 Å². The third-order valence-corrected chi connectivity index (χ3v) is 4.07. The van der Waals surface area contributed by atoms with Gasteiger partial charge in [0, 0.05) is 13.0 Å². The van der Waals surface area contributed by atoms with Crippen molar-refractivity contribution < 1.29 is 14.6 Å². The van der Waals surface area contributed by atoms with E-state index in [0.717, 1.165) is 11.1 Å². The summed E-state index contributed by atoms with van der Waals surface area (Å²) in [7, 11) is 1.67. The molecule has 2 rings (SSSR count). The lowest BCUT2D eigenvalue weighted by Gasteiger charge is -2.35. The lowest BCUT2D eigenvalue weighted by molar-refractivity contribution is 0.0143. The highest BCUT2D eigenvalue weighted by molar-refractivity contribution is 5.68. The van der Waals surface area contributed by atoms with E-state index in [-0.39, 0.29) is 12.5 Å². The van der Waals surface area contributed by atoms with Gasteiger partial charge in [-0.3, -0.25) is 0 Å². The standard InChI is InChI=1S/C21H27NO3/c1-21(2,3)25-20(24)22(4)18(15-23)19(16-11-7-5-8-12-16)17-13-9-6-10-14-17/h5-14,18-19,23H,15H2,1-4H3/t18-/m0/s1. The highest BCUT2D eigenvalue weighted by Gasteiger charge is 2.32. The van der Waals surface area contributed by atoms with Gasteiger partial charge in [-0.2, -0.15) is 0 Å². The van der Waals surface area contributed by atoms with Crippen LogP contribution in [0.25, 0.3) is 0 Å². The van der Waals surface area contributed by atoms with Gasteiger partial charge in [-0.1, -0.05) is 60.7 Å². The van der Waals surface area contributed by atoms with E-state index in [1.807, 2.05) is 81.4 Å². The molecular formula is C21H27NO3. The van der Waals surface area contributed by atoms with Crippen LogP contribution in [0.1, 0.15) is 37.8 Å². The van der Waals surface area contributed by atoms with E-state index in [1.54, 1.807) is 7.05 Å². The number of rotatable bonds is 5. The van der Waals surface area contributed by atoms with Crippen LogP contribution in [-0.4, -0.2) is 41.4 Å². The van der Waals surface area contributed by atoms with Crippen molar-refractivity contribution in [2.24, 2.45) is 0 Å². The molecule has 0 aliphatic rings. The first-order valence-corrected chi connectivity index (χ1v) is 8.50. The molecule has 0 aliphatic heterocycles. The van der Waals surface area contributed by atoms with Gasteiger partial charge in [0.15, 0.2) is 0 Å². The van der Waals surface area contributed by atoms with Crippen molar-refractivity contribution in [3.63, 3.8) is 0 Å². The van der Waals surface area contributed by atoms with Crippen LogP contribution in [0.4, 0.5) is 4.79 Å². The number of hydrogen-bond donors (Lipinski definition) is 1. The summed E-state index contributed by atoms with van der Waals surface area (Å²) in [6.45, 7) is 5.33. The molecule has 0 spiro atoms. The molecule has 0 unspecified atom stereocenters. The van der Waals surface area contributed by atoms with Crippen LogP contribution in [0.2, 0.25) is 0 Å². The monoisotopic (exact) mass is 341 g/mol. The molecule has 134 valence electrons. The molecule has 4 heteroatoms. The van der Waals surface area contributed by atoms with Gasteiger partial charge in [-0.25, -0.2) is 4.79 Å². The highest BCUT2D eigenvalue weighted by Crippen LogP contribution is 2.31. The summed E-state index contributed by atoms with van der Waals surface area (Å²) in [6.07, 6.45) is -0.441. The van der Waals surface area contributed by atoms with Crippen LogP contribution in [0, 0.1) is 0 Å². The van der Waals surface area contributed by atoms with E-state index < -0.39 is 17.7 Å². The van der Waals surface area contributed by atoms with Gasteiger partial charge >= 0.3 is 6.09 Å². The zero-order chi connectivity index (χ0) is 18.4. The molecular weight excluding hydrogens is 314 g/mol. The quantitative estimate of drug-likeness (QED) is 0.893. The summed E-state index contributed by atoms with van der Waals surface area (Å²) in [6, 6.07) is 19.4. The minimum Gasteiger partial charge on any atom is -0.444 e. The van der Waals surface area contributed by atoms with Crippen LogP contribution in [0.5, 0.6) is 0 Å². The van der Waals surface area contributed by atoms with Gasteiger partial charge in [0.1, 0.15) is 5.60 Å². The first-order chi connectivity index (χ1) is 11.8. The smallest absolute Gasteiger partial charge is 0.410 e. The van der Waals surface area contributed by atoms with Crippen molar-refractivity contribution in [2.45, 2.75) is 38.3 Å². The predicted octanol–water partition coefficient (Wildman–Crippen LogP) is 4.05. The number of likely N-dealkylation sites (N-methyl/N-ethyl adjacent to an activating group) is 1. The van der Waals surface area contributed by atoms with E-state index in [4.69, 9.17) is 4.74 Å². The summed E-state index contributed by atoms with van der Waals surface area (Å²) in [5.74, 6) is -0.148. The fourth-order valence-electron chi connectivity index (χ4n) is 2.88. The molecule has 0 saturated heterocycles. The van der Waals surface area contributed by atoms with Gasteiger partial charge in [-0.15, -0.1) is 0 Å². The second kappa shape index (κ2) is 8.17. The van der Waals surface area contributed by atoms with Crippen LogP contribution in [0.3, 0.4) is 0 Å². The number of carbonyl (C=O) groups is 1. The van der Waals surface area contributed by atoms with Crippen LogP contribution in [0.15, 0.2) is 60.7 Å². The van der Waals surface area contributed by atoms with Gasteiger partial charge in [0.25, 0.3) is 0 Å². The van der Waals surface area contributed by atoms with Gasteiger partial charge in [0.2, 0.25) is 0 Å². The Morgan fingerprint density at radius 1 is 1.00 bits per heavy atom. The maximum atomic E-state index is 12.5. The molecule has 25 heavy (non-hydrogen) atoms. The average Bonchev–Trinajstić information content (AvgIpc) is 2.59. The molecule has 0 radical (unpaired) electrons. The van der Waals surface area contributed by atoms with E-state index in [1.165, 1.54) is 4.90 Å². The summed E-state index contributed by atoms with van der Waals surface area (Å²) < 4.78 is 5.48. The van der Waals surface area contributed by atoms with E-state index in [0.29, 0.717) is 0 Å². The fourth-order valence-corrected chi connectivity index (χ4v) is 2.88. The second-order valence-electron chi connectivity index (χ2n) is 7.14. The minimum absolute atomic E-state index is 0.148. The Hall–Kier alpha value is -2.33. The van der Waals surface area contributed by atoms with Gasteiger partial charge in [0.05, 0.1) is 12.6 Å². The van der Waals surface area contributed by atoms with Crippen molar-refractivity contribution in [3.05, 3.63) is 71.8 Å². The van der Waals surface area contributed by atoms with E-state index in [2.05, 4.69) is 0 Å². The average molecular weight is 341 g/mol. The molecule has 0 aromatic heterocycles. The van der Waals surface area contributed by atoms with Gasteiger partial charge < -0.3 is 14.7 Å². The number of benzene rings is 2. The topological polar surface area (TPSA) is 49.8 Å². The Morgan fingerprint density at radius 2 is 1.44 bits per heavy atom. The van der Waals surface area contributed by atoms with Crippen molar-refractivity contribution >= 4 is 6.09 Å². The zero-order valence-electron chi connectivity index (χ0n) is 15.3. The molecule has 1 atom stereocenters. The first-order valence-electron chi connectivity index (χ1n) is 8.50. The number of nitrogens with zero attached hydrogens (tertiary/aromatic N) is 1. The molecule has 1 N–H and O–H groups in total. The molecule has 4 nitrogen and oxygen atoms in total. The normalized spacial score (nSPS) is 12.7. The number of hydrogen-bond acceptors (Lipinski definition) is 3. The van der Waals surface area contributed by atoms with Crippen molar-refractivity contribution in [1.29, 1.82) is 0 Å². The molecule has 2 aromatic rings. The predicted molar refractivity (Wildman–Crippen MR) is 99.6 cm³/mol. The lowest BCUT2D eigenvalue weighted by Crippen LogP contribution is -2.46. The number of aliphatic hydroxyl groups excluding tert-OH is 1. The number of carbonyl (C=O) groups excluding carboxylic acids is 1.